The van der Waals surface area contributed by atoms with Gasteiger partial charge in [0, 0.05) is 19.2 Å². The number of hydrogen-bond acceptors (Lipinski definition) is 3. The Bertz CT molecular complexity index is 622. The van der Waals surface area contributed by atoms with Crippen LogP contribution in [0.15, 0.2) is 18.2 Å². The van der Waals surface area contributed by atoms with Crippen LogP contribution in [-0.4, -0.2) is 39.6 Å². The van der Waals surface area contributed by atoms with Gasteiger partial charge in [-0.25, -0.2) is 13.8 Å². The van der Waals surface area contributed by atoms with Crippen LogP contribution in [0.2, 0.25) is 0 Å². The smallest absolute Gasteiger partial charge is 0.209 e. The van der Waals surface area contributed by atoms with E-state index in [4.69, 9.17) is 0 Å². The van der Waals surface area contributed by atoms with Crippen LogP contribution in [0.5, 0.6) is 0 Å². The molecule has 0 atom stereocenters. The van der Waals surface area contributed by atoms with Crippen LogP contribution in [0, 0.1) is 11.6 Å². The fraction of sp³-hybridized carbons (Fsp3) is 0.250. The summed E-state index contributed by atoms with van der Waals surface area (Å²) in [5.74, 6) is -0.449. The number of benzene rings is 1. The van der Waals surface area contributed by atoms with Crippen molar-refractivity contribution in [2.24, 2.45) is 0 Å². The lowest BCUT2D eigenvalue weighted by molar-refractivity contribution is -0.122. The van der Waals surface area contributed by atoms with Crippen LogP contribution in [0.4, 0.5) is 8.78 Å². The maximum absolute atomic E-state index is 13.6. The van der Waals surface area contributed by atoms with Crippen molar-refractivity contribution < 1.29 is 13.6 Å². The molecule has 0 spiro atoms. The Morgan fingerprint density at radius 1 is 1.37 bits per heavy atom. The van der Waals surface area contributed by atoms with E-state index in [0.717, 1.165) is 18.5 Å². The lowest BCUT2D eigenvalue weighted by Gasteiger charge is -2.34. The molecule has 1 aliphatic heterocycles. The first-order chi connectivity index (χ1) is 9.17. The SMILES string of the molecule is O=CN1CC(c2nc(-c3ccc(F)cc3F)n[nH]2)C1. The van der Waals surface area contributed by atoms with Crippen LogP contribution < -0.4 is 0 Å². The summed E-state index contributed by atoms with van der Waals surface area (Å²) in [4.78, 5) is 16.3. The van der Waals surface area contributed by atoms with Crippen LogP contribution >= 0.6 is 0 Å². The predicted octanol–water partition coefficient (Wildman–Crippen LogP) is 1.31. The highest BCUT2D eigenvalue weighted by Gasteiger charge is 2.29. The summed E-state index contributed by atoms with van der Waals surface area (Å²) in [6.07, 6.45) is 0.771. The summed E-state index contributed by atoms with van der Waals surface area (Å²) in [5.41, 5.74) is 0.149. The van der Waals surface area contributed by atoms with Crippen molar-refractivity contribution in [2.75, 3.05) is 13.1 Å². The first-order valence-corrected chi connectivity index (χ1v) is 5.74. The number of likely N-dealkylation sites (tertiary alicyclic amines) is 1. The van der Waals surface area contributed by atoms with Crippen LogP contribution in [0.25, 0.3) is 11.4 Å². The number of rotatable bonds is 3. The number of halogens is 2. The molecule has 1 aromatic carbocycles. The van der Waals surface area contributed by atoms with Gasteiger partial charge < -0.3 is 4.90 Å². The van der Waals surface area contributed by atoms with Gasteiger partial charge in [-0.05, 0) is 12.1 Å². The second-order valence-electron chi connectivity index (χ2n) is 4.42. The number of nitrogens with one attached hydrogen (secondary N) is 1. The van der Waals surface area contributed by atoms with Crippen LogP contribution in [0.3, 0.4) is 0 Å². The second-order valence-corrected chi connectivity index (χ2v) is 4.42. The van der Waals surface area contributed by atoms with Gasteiger partial charge in [0.2, 0.25) is 6.41 Å². The molecular weight excluding hydrogens is 254 g/mol. The summed E-state index contributed by atoms with van der Waals surface area (Å²) in [7, 11) is 0. The maximum atomic E-state index is 13.6. The minimum absolute atomic E-state index is 0.0926. The molecule has 98 valence electrons. The first-order valence-electron chi connectivity index (χ1n) is 5.74. The van der Waals surface area contributed by atoms with E-state index in [-0.39, 0.29) is 17.3 Å². The van der Waals surface area contributed by atoms with Crippen molar-refractivity contribution in [3.05, 3.63) is 35.7 Å². The molecule has 0 bridgehead atoms. The number of carbonyl (C=O) groups excluding carboxylic acids is 1. The number of aromatic nitrogens is 3. The van der Waals surface area contributed by atoms with Gasteiger partial charge in [-0.3, -0.25) is 9.89 Å². The Morgan fingerprint density at radius 3 is 2.84 bits per heavy atom. The summed E-state index contributed by atoms with van der Waals surface area (Å²) < 4.78 is 26.4. The Labute approximate surface area is 107 Å². The Balaban J connectivity index is 1.83. The van der Waals surface area contributed by atoms with E-state index < -0.39 is 11.6 Å². The number of aromatic amines is 1. The third-order valence-corrected chi connectivity index (χ3v) is 3.12. The van der Waals surface area contributed by atoms with Crippen molar-refractivity contribution >= 4 is 6.41 Å². The van der Waals surface area contributed by atoms with E-state index in [1.54, 1.807) is 4.90 Å². The van der Waals surface area contributed by atoms with Crippen molar-refractivity contribution in [3.8, 4) is 11.4 Å². The van der Waals surface area contributed by atoms with Crippen molar-refractivity contribution in [3.63, 3.8) is 0 Å². The van der Waals surface area contributed by atoms with E-state index in [1.165, 1.54) is 6.07 Å². The van der Waals surface area contributed by atoms with Crippen molar-refractivity contribution in [1.29, 1.82) is 0 Å². The zero-order chi connectivity index (χ0) is 13.4. The second kappa shape index (κ2) is 4.42. The van der Waals surface area contributed by atoms with Gasteiger partial charge in [0.15, 0.2) is 5.82 Å². The minimum atomic E-state index is -0.700. The average Bonchev–Trinajstić information content (AvgIpc) is 2.77. The van der Waals surface area contributed by atoms with Gasteiger partial charge in [0.1, 0.15) is 17.5 Å². The lowest BCUT2D eigenvalue weighted by Crippen LogP contribution is -2.44. The molecule has 0 unspecified atom stereocenters. The third-order valence-electron chi connectivity index (χ3n) is 3.12. The molecule has 0 aliphatic carbocycles. The summed E-state index contributed by atoms with van der Waals surface area (Å²) in [5, 5.41) is 6.65. The van der Waals surface area contributed by atoms with E-state index in [0.29, 0.717) is 18.9 Å². The molecule has 5 nitrogen and oxygen atoms in total. The van der Waals surface area contributed by atoms with Crippen LogP contribution in [-0.2, 0) is 4.79 Å². The number of hydrogen-bond donors (Lipinski definition) is 1. The average molecular weight is 264 g/mol. The molecular formula is C12H10F2N4O. The molecule has 1 aliphatic rings. The molecule has 1 fully saturated rings. The van der Waals surface area contributed by atoms with E-state index >= 15 is 0 Å². The van der Waals surface area contributed by atoms with E-state index in [2.05, 4.69) is 15.2 Å². The monoisotopic (exact) mass is 264 g/mol. The molecule has 1 saturated heterocycles. The standard InChI is InChI=1S/C12H10F2N4O/c13-8-1-2-9(10(14)3-8)12-15-11(16-17-12)7-4-18(5-7)6-19/h1-3,6-7H,4-5H2,(H,15,16,17). The van der Waals surface area contributed by atoms with Gasteiger partial charge in [-0.2, -0.15) is 5.10 Å². The Kier molecular flexibility index (Phi) is 2.73. The van der Waals surface area contributed by atoms with Crippen molar-refractivity contribution in [2.45, 2.75) is 5.92 Å². The highest BCUT2D eigenvalue weighted by atomic mass is 19.1. The molecule has 2 heterocycles. The third kappa shape index (κ3) is 2.07. The topological polar surface area (TPSA) is 61.9 Å². The number of nitrogens with zero attached hydrogens (tertiary/aromatic N) is 3. The fourth-order valence-corrected chi connectivity index (χ4v) is 2.02. The predicted molar refractivity (Wildman–Crippen MR) is 62.1 cm³/mol. The van der Waals surface area contributed by atoms with Gasteiger partial charge in [0.05, 0.1) is 11.5 Å². The largest absolute Gasteiger partial charge is 0.344 e. The zero-order valence-electron chi connectivity index (χ0n) is 9.81. The summed E-state index contributed by atoms with van der Waals surface area (Å²) in [6, 6.07) is 3.25. The minimum Gasteiger partial charge on any atom is -0.344 e. The van der Waals surface area contributed by atoms with Gasteiger partial charge >= 0.3 is 0 Å². The molecule has 0 saturated carbocycles. The number of amides is 1. The van der Waals surface area contributed by atoms with Crippen molar-refractivity contribution in [1.82, 2.24) is 20.1 Å². The zero-order valence-corrected chi connectivity index (χ0v) is 9.81. The van der Waals surface area contributed by atoms with Gasteiger partial charge in [-0.1, -0.05) is 0 Å². The molecule has 7 heteroatoms. The quantitative estimate of drug-likeness (QED) is 0.850. The molecule has 1 N–H and O–H groups in total. The molecule has 3 rings (SSSR count). The maximum Gasteiger partial charge on any atom is 0.209 e. The summed E-state index contributed by atoms with van der Waals surface area (Å²) in [6.45, 7) is 1.15. The molecule has 2 aromatic rings. The highest BCUT2D eigenvalue weighted by molar-refractivity contribution is 5.55. The van der Waals surface area contributed by atoms with Gasteiger partial charge in [0.25, 0.3) is 0 Å². The van der Waals surface area contributed by atoms with Crippen LogP contribution in [0.1, 0.15) is 11.7 Å². The summed E-state index contributed by atoms with van der Waals surface area (Å²) >= 11 is 0. The fourth-order valence-electron chi connectivity index (χ4n) is 2.02. The normalized spacial score (nSPS) is 15.4. The molecule has 1 amide bonds. The Hall–Kier alpha value is -2.31. The molecule has 1 aromatic heterocycles. The number of carbonyl (C=O) groups is 1. The molecule has 0 radical (unpaired) electrons. The first kappa shape index (κ1) is 11.8. The Morgan fingerprint density at radius 2 is 2.16 bits per heavy atom. The van der Waals surface area contributed by atoms with E-state index in [1.807, 2.05) is 0 Å². The highest BCUT2D eigenvalue weighted by Crippen LogP contribution is 2.25. The molecule has 19 heavy (non-hydrogen) atoms. The number of H-pyrrole nitrogens is 1. The van der Waals surface area contributed by atoms with E-state index in [9.17, 15) is 13.6 Å². The lowest BCUT2D eigenvalue weighted by atomic mass is 10.0. The van der Waals surface area contributed by atoms with Gasteiger partial charge in [-0.15, -0.1) is 0 Å².